The van der Waals surface area contributed by atoms with E-state index >= 15 is 0 Å². The van der Waals surface area contributed by atoms with Gasteiger partial charge in [-0.1, -0.05) is 54.9 Å². The van der Waals surface area contributed by atoms with E-state index in [1.54, 1.807) is 22.9 Å². The van der Waals surface area contributed by atoms with Gasteiger partial charge in [-0.05, 0) is 30.7 Å². The van der Waals surface area contributed by atoms with Crippen LogP contribution in [0.25, 0.3) is 16.9 Å². The molecular weight excluding hydrogens is 322 g/mol. The third-order valence-corrected chi connectivity index (χ3v) is 3.83. The third kappa shape index (κ3) is 3.49. The van der Waals surface area contributed by atoms with Crippen molar-refractivity contribution >= 4 is 17.5 Å². The molecule has 0 spiro atoms. The van der Waals surface area contributed by atoms with Crippen molar-refractivity contribution in [2.45, 2.75) is 13.3 Å². The molecule has 0 saturated carbocycles. The third-order valence-electron chi connectivity index (χ3n) is 3.60. The molecule has 1 aromatic heterocycles. The van der Waals surface area contributed by atoms with Crippen molar-refractivity contribution < 1.29 is 4.79 Å². The quantitative estimate of drug-likeness (QED) is 0.752. The van der Waals surface area contributed by atoms with Crippen molar-refractivity contribution in [1.82, 2.24) is 15.1 Å². The van der Waals surface area contributed by atoms with Gasteiger partial charge in [-0.15, -0.1) is 0 Å². The second kappa shape index (κ2) is 7.32. The van der Waals surface area contributed by atoms with Crippen molar-refractivity contribution in [2.24, 2.45) is 0 Å². The zero-order valence-electron chi connectivity index (χ0n) is 13.4. The zero-order valence-corrected chi connectivity index (χ0v) is 14.1. The van der Waals surface area contributed by atoms with Crippen LogP contribution in [0.2, 0.25) is 5.02 Å². The van der Waals surface area contributed by atoms with Crippen LogP contribution in [0.4, 0.5) is 0 Å². The van der Waals surface area contributed by atoms with Gasteiger partial charge in [-0.3, -0.25) is 4.79 Å². The molecule has 0 aliphatic rings. The van der Waals surface area contributed by atoms with Gasteiger partial charge < -0.3 is 5.32 Å². The summed E-state index contributed by atoms with van der Waals surface area (Å²) in [5.41, 5.74) is 2.95. The van der Waals surface area contributed by atoms with Crippen molar-refractivity contribution in [3.63, 3.8) is 0 Å². The summed E-state index contributed by atoms with van der Waals surface area (Å²) >= 11 is 6.09. The lowest BCUT2D eigenvalue weighted by Gasteiger charge is -2.08. The molecule has 0 radical (unpaired) electrons. The highest BCUT2D eigenvalue weighted by atomic mass is 35.5. The number of carbonyl (C=O) groups excluding carboxylic acids is 1. The van der Waals surface area contributed by atoms with E-state index < -0.39 is 0 Å². The largest absolute Gasteiger partial charge is 0.351 e. The SMILES string of the molecule is CCCNC(=O)c1cc(-c2ccccc2)nn1-c1cccc(Cl)c1. The fourth-order valence-electron chi connectivity index (χ4n) is 2.43. The van der Waals surface area contributed by atoms with Gasteiger partial charge in [0.15, 0.2) is 0 Å². The average Bonchev–Trinajstić information content (AvgIpc) is 3.06. The Morgan fingerprint density at radius 2 is 1.92 bits per heavy atom. The van der Waals surface area contributed by atoms with Gasteiger partial charge >= 0.3 is 0 Å². The minimum Gasteiger partial charge on any atom is -0.351 e. The first-order valence-electron chi connectivity index (χ1n) is 7.88. The van der Waals surface area contributed by atoms with Crippen molar-refractivity contribution in [1.29, 1.82) is 0 Å². The van der Waals surface area contributed by atoms with Crippen LogP contribution in [0.15, 0.2) is 60.7 Å². The molecule has 4 nitrogen and oxygen atoms in total. The van der Waals surface area contributed by atoms with E-state index in [1.165, 1.54) is 0 Å². The molecule has 1 heterocycles. The summed E-state index contributed by atoms with van der Waals surface area (Å²) in [5.74, 6) is -0.147. The van der Waals surface area contributed by atoms with Crippen molar-refractivity contribution in [3.8, 4) is 16.9 Å². The summed E-state index contributed by atoms with van der Waals surface area (Å²) in [7, 11) is 0. The Hall–Kier alpha value is -2.59. The maximum absolute atomic E-state index is 12.5. The normalized spacial score (nSPS) is 10.6. The molecule has 0 aliphatic carbocycles. The lowest BCUT2D eigenvalue weighted by Crippen LogP contribution is -2.26. The molecule has 3 rings (SSSR count). The van der Waals surface area contributed by atoms with Crippen LogP contribution in [0.5, 0.6) is 0 Å². The predicted octanol–water partition coefficient (Wildman–Crippen LogP) is 4.33. The first-order chi connectivity index (χ1) is 11.7. The second-order valence-corrected chi connectivity index (χ2v) is 5.86. The highest BCUT2D eigenvalue weighted by Crippen LogP contribution is 2.23. The van der Waals surface area contributed by atoms with Gasteiger partial charge in [0.1, 0.15) is 5.69 Å². The van der Waals surface area contributed by atoms with Gasteiger partial charge in [0.2, 0.25) is 0 Å². The van der Waals surface area contributed by atoms with E-state index in [0.717, 1.165) is 23.4 Å². The molecule has 3 aromatic rings. The van der Waals surface area contributed by atoms with Crippen molar-refractivity contribution in [3.05, 3.63) is 71.4 Å². The smallest absolute Gasteiger partial charge is 0.270 e. The maximum Gasteiger partial charge on any atom is 0.270 e. The monoisotopic (exact) mass is 339 g/mol. The summed E-state index contributed by atoms with van der Waals surface area (Å²) in [6.45, 7) is 2.64. The van der Waals surface area contributed by atoms with Crippen LogP contribution in [-0.2, 0) is 0 Å². The number of rotatable bonds is 5. The molecule has 0 bridgehead atoms. The van der Waals surface area contributed by atoms with Gasteiger partial charge in [-0.2, -0.15) is 5.10 Å². The van der Waals surface area contributed by atoms with Crippen LogP contribution in [0.1, 0.15) is 23.8 Å². The van der Waals surface area contributed by atoms with E-state index in [0.29, 0.717) is 17.3 Å². The summed E-state index contributed by atoms with van der Waals surface area (Å²) in [5, 5.41) is 8.12. The van der Waals surface area contributed by atoms with Gasteiger partial charge in [0.05, 0.1) is 11.4 Å². The number of amides is 1. The number of hydrogen-bond donors (Lipinski definition) is 1. The summed E-state index contributed by atoms with van der Waals surface area (Å²) in [4.78, 5) is 12.5. The van der Waals surface area contributed by atoms with Gasteiger partial charge in [0, 0.05) is 17.1 Å². The van der Waals surface area contributed by atoms with Crippen LogP contribution in [0.3, 0.4) is 0 Å². The molecule has 0 fully saturated rings. The van der Waals surface area contributed by atoms with E-state index in [2.05, 4.69) is 10.4 Å². The Morgan fingerprint density at radius 1 is 1.12 bits per heavy atom. The lowest BCUT2D eigenvalue weighted by atomic mass is 10.1. The van der Waals surface area contributed by atoms with Gasteiger partial charge in [-0.25, -0.2) is 4.68 Å². The van der Waals surface area contributed by atoms with Crippen LogP contribution in [-0.4, -0.2) is 22.2 Å². The number of nitrogens with zero attached hydrogens (tertiary/aromatic N) is 2. The molecule has 24 heavy (non-hydrogen) atoms. The second-order valence-electron chi connectivity index (χ2n) is 5.43. The minimum atomic E-state index is -0.147. The molecule has 0 saturated heterocycles. The van der Waals surface area contributed by atoms with E-state index in [-0.39, 0.29) is 5.91 Å². The van der Waals surface area contributed by atoms with Gasteiger partial charge in [0.25, 0.3) is 5.91 Å². The highest BCUT2D eigenvalue weighted by molar-refractivity contribution is 6.30. The minimum absolute atomic E-state index is 0.147. The summed E-state index contributed by atoms with van der Waals surface area (Å²) < 4.78 is 1.64. The first-order valence-corrected chi connectivity index (χ1v) is 8.26. The average molecular weight is 340 g/mol. The molecule has 0 unspecified atom stereocenters. The number of benzene rings is 2. The molecule has 0 atom stereocenters. The Labute approximate surface area is 146 Å². The standard InChI is InChI=1S/C19H18ClN3O/c1-2-11-21-19(24)18-13-17(14-7-4-3-5-8-14)22-23(18)16-10-6-9-15(20)12-16/h3-10,12-13H,2,11H2,1H3,(H,21,24). The first kappa shape index (κ1) is 16.3. The summed E-state index contributed by atoms with van der Waals surface area (Å²) in [6, 6.07) is 18.9. The topological polar surface area (TPSA) is 46.9 Å². The molecular formula is C19H18ClN3O. The zero-order chi connectivity index (χ0) is 16.9. The Balaban J connectivity index is 2.08. The fourth-order valence-corrected chi connectivity index (χ4v) is 2.61. The van der Waals surface area contributed by atoms with E-state index in [9.17, 15) is 4.79 Å². The number of nitrogens with one attached hydrogen (secondary N) is 1. The number of hydrogen-bond acceptors (Lipinski definition) is 2. The number of carbonyl (C=O) groups is 1. The molecule has 2 aromatic carbocycles. The number of aromatic nitrogens is 2. The Morgan fingerprint density at radius 3 is 2.62 bits per heavy atom. The van der Waals surface area contributed by atoms with Crippen LogP contribution < -0.4 is 5.32 Å². The fraction of sp³-hybridized carbons (Fsp3) is 0.158. The molecule has 1 amide bonds. The van der Waals surface area contributed by atoms with Crippen LogP contribution in [0, 0.1) is 0 Å². The van der Waals surface area contributed by atoms with E-state index in [1.807, 2.05) is 49.4 Å². The van der Waals surface area contributed by atoms with E-state index in [4.69, 9.17) is 11.6 Å². The lowest BCUT2D eigenvalue weighted by molar-refractivity contribution is 0.0946. The highest BCUT2D eigenvalue weighted by Gasteiger charge is 2.17. The van der Waals surface area contributed by atoms with Crippen molar-refractivity contribution in [2.75, 3.05) is 6.54 Å². The Bertz CT molecular complexity index is 843. The maximum atomic E-state index is 12.5. The number of halogens is 1. The molecule has 1 N–H and O–H groups in total. The van der Waals surface area contributed by atoms with Crippen LogP contribution >= 0.6 is 11.6 Å². The molecule has 5 heteroatoms. The molecule has 122 valence electrons. The summed E-state index contributed by atoms with van der Waals surface area (Å²) in [6.07, 6.45) is 0.878. The Kier molecular flexibility index (Phi) is 4.96. The predicted molar refractivity (Wildman–Crippen MR) is 96.6 cm³/mol. The molecule has 0 aliphatic heterocycles.